The molecule has 150 valence electrons. The van der Waals surface area contributed by atoms with Crippen LogP contribution in [-0.2, 0) is 21.2 Å². The molecule has 2 N–H and O–H groups in total. The van der Waals surface area contributed by atoms with Crippen LogP contribution in [-0.4, -0.2) is 50.9 Å². The van der Waals surface area contributed by atoms with Crippen molar-refractivity contribution in [1.82, 2.24) is 14.9 Å². The van der Waals surface area contributed by atoms with E-state index in [0.29, 0.717) is 30.8 Å². The van der Waals surface area contributed by atoms with Gasteiger partial charge in [0, 0.05) is 32.1 Å². The van der Waals surface area contributed by atoms with Gasteiger partial charge >= 0.3 is 0 Å². The van der Waals surface area contributed by atoms with E-state index in [9.17, 15) is 13.2 Å². The van der Waals surface area contributed by atoms with E-state index >= 15 is 0 Å². The van der Waals surface area contributed by atoms with Gasteiger partial charge in [-0.1, -0.05) is 25.0 Å². The van der Waals surface area contributed by atoms with Crippen LogP contribution in [0.25, 0.3) is 0 Å². The largest absolute Gasteiger partial charge is 0.352 e. The van der Waals surface area contributed by atoms with E-state index in [1.54, 1.807) is 16.4 Å². The summed E-state index contributed by atoms with van der Waals surface area (Å²) in [7, 11) is -3.41. The summed E-state index contributed by atoms with van der Waals surface area (Å²) in [6.07, 6.45) is 7.24. The van der Waals surface area contributed by atoms with Gasteiger partial charge in [0.05, 0.1) is 4.90 Å². The number of hydrogen-bond donors (Lipinski definition) is 2. The van der Waals surface area contributed by atoms with Crippen LogP contribution < -0.4 is 10.6 Å². The molecule has 27 heavy (non-hydrogen) atoms. The fourth-order valence-corrected chi connectivity index (χ4v) is 5.31. The Morgan fingerprint density at radius 1 is 1.07 bits per heavy atom. The van der Waals surface area contributed by atoms with Crippen molar-refractivity contribution in [3.05, 3.63) is 29.8 Å². The van der Waals surface area contributed by atoms with Gasteiger partial charge in [0.25, 0.3) is 0 Å². The molecule has 2 saturated heterocycles. The number of benzene rings is 1. The quantitative estimate of drug-likeness (QED) is 0.775. The highest BCUT2D eigenvalue weighted by Crippen LogP contribution is 2.21. The minimum Gasteiger partial charge on any atom is -0.352 e. The highest BCUT2D eigenvalue weighted by molar-refractivity contribution is 7.89. The molecule has 2 aliphatic heterocycles. The summed E-state index contributed by atoms with van der Waals surface area (Å²) in [5.41, 5.74) is 0.988. The van der Waals surface area contributed by atoms with Gasteiger partial charge in [0.2, 0.25) is 15.9 Å². The van der Waals surface area contributed by atoms with Crippen LogP contribution in [0.5, 0.6) is 0 Å². The van der Waals surface area contributed by atoms with Gasteiger partial charge in [-0.15, -0.1) is 0 Å². The van der Waals surface area contributed by atoms with Gasteiger partial charge in [-0.25, -0.2) is 8.42 Å². The molecule has 0 aliphatic carbocycles. The number of nitrogens with one attached hydrogen (secondary N) is 2. The molecular formula is C20H31N3O3S. The third kappa shape index (κ3) is 5.77. The monoisotopic (exact) mass is 393 g/mol. The van der Waals surface area contributed by atoms with Crippen molar-refractivity contribution in [3.63, 3.8) is 0 Å². The van der Waals surface area contributed by atoms with Crippen molar-refractivity contribution in [3.8, 4) is 0 Å². The maximum Gasteiger partial charge on any atom is 0.243 e. The minimum atomic E-state index is -3.41. The van der Waals surface area contributed by atoms with Crippen LogP contribution in [0, 0.1) is 0 Å². The molecule has 2 heterocycles. The van der Waals surface area contributed by atoms with E-state index in [0.717, 1.165) is 57.2 Å². The van der Waals surface area contributed by atoms with Crippen molar-refractivity contribution in [2.45, 2.75) is 62.3 Å². The predicted octanol–water partition coefficient (Wildman–Crippen LogP) is 2.05. The summed E-state index contributed by atoms with van der Waals surface area (Å²) in [4.78, 5) is 12.5. The summed E-state index contributed by atoms with van der Waals surface area (Å²) in [6, 6.07) is 7.25. The number of sulfonamides is 1. The van der Waals surface area contributed by atoms with Gasteiger partial charge in [0.1, 0.15) is 0 Å². The Morgan fingerprint density at radius 2 is 1.78 bits per heavy atom. The first-order valence-electron chi connectivity index (χ1n) is 10.1. The lowest BCUT2D eigenvalue weighted by Gasteiger charge is -2.23. The topological polar surface area (TPSA) is 78.5 Å². The van der Waals surface area contributed by atoms with Crippen LogP contribution in [0.2, 0.25) is 0 Å². The average Bonchev–Trinajstić information content (AvgIpc) is 2.98. The smallest absolute Gasteiger partial charge is 0.243 e. The van der Waals surface area contributed by atoms with Crippen molar-refractivity contribution in [2.75, 3.05) is 26.2 Å². The van der Waals surface area contributed by atoms with Crippen LogP contribution in [0.1, 0.15) is 50.5 Å². The Bertz CT molecular complexity index is 704. The molecule has 3 rings (SSSR count). The van der Waals surface area contributed by atoms with Gasteiger partial charge < -0.3 is 10.6 Å². The first kappa shape index (κ1) is 20.3. The minimum absolute atomic E-state index is 0.0602. The standard InChI is InChI=1S/C20H31N3O3S/c24-20(22-18-6-5-13-21-16-18)12-9-17-7-10-19(11-8-17)27(25,26)23-14-3-1-2-4-15-23/h7-8,10-11,18,21H,1-6,9,12-16H2,(H,22,24)/t18-/m0/s1. The number of hydrogen-bond acceptors (Lipinski definition) is 4. The van der Waals surface area contributed by atoms with Gasteiger partial charge in [-0.2, -0.15) is 4.31 Å². The highest BCUT2D eigenvalue weighted by atomic mass is 32.2. The summed E-state index contributed by atoms with van der Waals surface area (Å²) in [6.45, 7) is 3.09. The number of amides is 1. The first-order valence-corrected chi connectivity index (χ1v) is 11.6. The molecular weight excluding hydrogens is 362 g/mol. The second-order valence-electron chi connectivity index (χ2n) is 7.57. The number of nitrogens with zero attached hydrogens (tertiary/aromatic N) is 1. The Labute approximate surface area is 162 Å². The van der Waals surface area contributed by atoms with Crippen molar-refractivity contribution < 1.29 is 13.2 Å². The number of piperidine rings is 1. The van der Waals surface area contributed by atoms with Gasteiger partial charge in [0.15, 0.2) is 0 Å². The summed E-state index contributed by atoms with van der Waals surface area (Å²) >= 11 is 0. The normalized spacial score (nSPS) is 22.1. The SMILES string of the molecule is O=C(CCc1ccc(S(=O)(=O)N2CCCCCC2)cc1)N[C@H]1CCCNC1. The van der Waals surface area contributed by atoms with Gasteiger partial charge in [-0.05, 0) is 56.3 Å². The van der Waals surface area contributed by atoms with E-state index in [1.165, 1.54) is 0 Å². The second kappa shape index (κ2) is 9.66. The maximum absolute atomic E-state index is 12.8. The Morgan fingerprint density at radius 3 is 2.41 bits per heavy atom. The zero-order valence-corrected chi connectivity index (χ0v) is 16.8. The van der Waals surface area contributed by atoms with Crippen molar-refractivity contribution in [2.24, 2.45) is 0 Å². The molecule has 0 unspecified atom stereocenters. The van der Waals surface area contributed by atoms with E-state index in [4.69, 9.17) is 0 Å². The lowest BCUT2D eigenvalue weighted by atomic mass is 10.1. The Hall–Kier alpha value is -1.44. The zero-order chi connectivity index (χ0) is 19.1. The van der Waals surface area contributed by atoms with Crippen molar-refractivity contribution in [1.29, 1.82) is 0 Å². The van der Waals surface area contributed by atoms with E-state index in [1.807, 2.05) is 12.1 Å². The molecule has 6 nitrogen and oxygen atoms in total. The van der Waals surface area contributed by atoms with Crippen molar-refractivity contribution >= 4 is 15.9 Å². The highest BCUT2D eigenvalue weighted by Gasteiger charge is 2.25. The van der Waals surface area contributed by atoms with Crippen LogP contribution >= 0.6 is 0 Å². The average molecular weight is 394 g/mol. The molecule has 1 atom stereocenters. The Balaban J connectivity index is 1.52. The van der Waals surface area contributed by atoms with Crippen LogP contribution in [0.15, 0.2) is 29.2 Å². The number of rotatable bonds is 6. The Kier molecular flexibility index (Phi) is 7.26. The first-order chi connectivity index (χ1) is 13.1. The van der Waals surface area contributed by atoms with Gasteiger partial charge in [-0.3, -0.25) is 4.79 Å². The number of carbonyl (C=O) groups is 1. The predicted molar refractivity (Wildman–Crippen MR) is 106 cm³/mol. The summed E-state index contributed by atoms with van der Waals surface area (Å²) in [5, 5.41) is 6.36. The molecule has 0 bridgehead atoms. The molecule has 0 radical (unpaired) electrons. The number of aryl methyl sites for hydroxylation is 1. The third-order valence-electron chi connectivity index (χ3n) is 5.43. The van der Waals surface area contributed by atoms with Crippen LogP contribution in [0.3, 0.4) is 0 Å². The molecule has 1 aromatic carbocycles. The van der Waals surface area contributed by atoms with Crippen LogP contribution in [0.4, 0.5) is 0 Å². The molecule has 2 aliphatic rings. The molecule has 0 spiro atoms. The fraction of sp³-hybridized carbons (Fsp3) is 0.650. The molecule has 0 aromatic heterocycles. The number of carbonyl (C=O) groups excluding carboxylic acids is 1. The molecule has 1 amide bonds. The maximum atomic E-state index is 12.8. The summed E-state index contributed by atoms with van der Waals surface area (Å²) in [5.74, 6) is 0.0602. The lowest BCUT2D eigenvalue weighted by molar-refractivity contribution is -0.121. The third-order valence-corrected chi connectivity index (χ3v) is 7.34. The van der Waals surface area contributed by atoms with E-state index in [-0.39, 0.29) is 11.9 Å². The second-order valence-corrected chi connectivity index (χ2v) is 9.51. The summed E-state index contributed by atoms with van der Waals surface area (Å²) < 4.78 is 27.2. The molecule has 7 heteroatoms. The zero-order valence-electron chi connectivity index (χ0n) is 16.0. The molecule has 0 saturated carbocycles. The molecule has 1 aromatic rings. The van der Waals surface area contributed by atoms with E-state index in [2.05, 4.69) is 10.6 Å². The fourth-order valence-electron chi connectivity index (χ4n) is 3.79. The van der Waals surface area contributed by atoms with E-state index < -0.39 is 10.0 Å². The molecule has 2 fully saturated rings. The lowest BCUT2D eigenvalue weighted by Crippen LogP contribution is -2.45.